The lowest BCUT2D eigenvalue weighted by molar-refractivity contribution is -0.156. The number of ether oxygens (including phenoxy) is 1. The molecule has 3 rings (SSSR count). The quantitative estimate of drug-likeness (QED) is 0.609. The fourth-order valence-corrected chi connectivity index (χ4v) is 3.60. The first-order valence-corrected chi connectivity index (χ1v) is 8.98. The summed E-state index contributed by atoms with van der Waals surface area (Å²) < 4.78 is 7.16. The van der Waals surface area contributed by atoms with Crippen LogP contribution in [0.2, 0.25) is 0 Å². The lowest BCUT2D eigenvalue weighted by atomic mass is 10.1. The molecule has 1 fully saturated rings. The number of rotatable bonds is 3. The first-order valence-electron chi connectivity index (χ1n) is 8.17. The Labute approximate surface area is 155 Å². The van der Waals surface area contributed by atoms with Gasteiger partial charge in [-0.2, -0.15) is 0 Å². The molecule has 1 saturated heterocycles. The third kappa shape index (κ3) is 3.67. The van der Waals surface area contributed by atoms with Crippen LogP contribution in [0.5, 0.6) is 0 Å². The molecule has 0 unspecified atom stereocenters. The Balaban J connectivity index is 1.84. The molecule has 0 N–H and O–H groups in total. The normalized spacial score (nSPS) is 16.8. The first-order chi connectivity index (χ1) is 12.2. The maximum absolute atomic E-state index is 12.6. The molecule has 0 aliphatic carbocycles. The molecule has 0 bridgehead atoms. The highest BCUT2D eigenvalue weighted by Gasteiger charge is 2.37. The number of aromatic nitrogens is 1. The van der Waals surface area contributed by atoms with Crippen molar-refractivity contribution in [2.24, 2.45) is 7.05 Å². The van der Waals surface area contributed by atoms with Crippen LogP contribution < -0.4 is 0 Å². The van der Waals surface area contributed by atoms with E-state index in [2.05, 4.69) is 0 Å². The van der Waals surface area contributed by atoms with Crippen molar-refractivity contribution in [3.63, 3.8) is 0 Å². The predicted molar refractivity (Wildman–Crippen MR) is 101 cm³/mol. The van der Waals surface area contributed by atoms with Gasteiger partial charge in [0, 0.05) is 29.7 Å². The number of nitrogens with zero attached hydrogens (tertiary/aromatic N) is 2. The van der Waals surface area contributed by atoms with Gasteiger partial charge in [-0.1, -0.05) is 18.2 Å². The Hall–Kier alpha value is -2.54. The Morgan fingerprint density at radius 3 is 2.62 bits per heavy atom. The second kappa shape index (κ2) is 6.64. The van der Waals surface area contributed by atoms with E-state index in [9.17, 15) is 14.4 Å². The van der Waals surface area contributed by atoms with Crippen LogP contribution in [0, 0.1) is 0 Å². The highest BCUT2D eigenvalue weighted by atomic mass is 32.2. The van der Waals surface area contributed by atoms with E-state index in [-0.39, 0.29) is 6.54 Å². The molecule has 2 heterocycles. The molecule has 1 aliphatic rings. The van der Waals surface area contributed by atoms with Crippen molar-refractivity contribution in [1.29, 1.82) is 0 Å². The fraction of sp³-hybridized carbons (Fsp3) is 0.316. The number of carbonyl (C=O) groups is 3. The van der Waals surface area contributed by atoms with Gasteiger partial charge in [-0.05, 0) is 44.7 Å². The van der Waals surface area contributed by atoms with Crippen molar-refractivity contribution < 1.29 is 19.1 Å². The molecule has 1 aromatic heterocycles. The summed E-state index contributed by atoms with van der Waals surface area (Å²) in [6.45, 7) is 4.83. The second-order valence-corrected chi connectivity index (χ2v) is 8.06. The van der Waals surface area contributed by atoms with Crippen LogP contribution in [0.1, 0.15) is 26.3 Å². The van der Waals surface area contributed by atoms with Gasteiger partial charge in [-0.15, -0.1) is 0 Å². The van der Waals surface area contributed by atoms with Gasteiger partial charge in [0.15, 0.2) is 0 Å². The van der Waals surface area contributed by atoms with Crippen molar-refractivity contribution in [3.8, 4) is 0 Å². The summed E-state index contributed by atoms with van der Waals surface area (Å²) in [5.74, 6) is -1.08. The van der Waals surface area contributed by atoms with E-state index in [0.29, 0.717) is 4.91 Å². The third-order valence-corrected chi connectivity index (χ3v) is 4.70. The van der Waals surface area contributed by atoms with Gasteiger partial charge in [0.2, 0.25) is 0 Å². The number of fused-ring (bicyclic) bond motifs is 1. The Bertz CT molecular complexity index is 937. The fourth-order valence-electron chi connectivity index (χ4n) is 2.77. The summed E-state index contributed by atoms with van der Waals surface area (Å²) in [6.07, 6.45) is 3.61. The molecule has 1 aromatic carbocycles. The maximum atomic E-state index is 12.6. The lowest BCUT2D eigenvalue weighted by Crippen LogP contribution is -2.37. The number of hydrogen-bond acceptors (Lipinski definition) is 5. The van der Waals surface area contributed by atoms with Crippen LogP contribution >= 0.6 is 11.8 Å². The van der Waals surface area contributed by atoms with Gasteiger partial charge in [0.1, 0.15) is 12.1 Å². The monoisotopic (exact) mass is 372 g/mol. The summed E-state index contributed by atoms with van der Waals surface area (Å²) >= 11 is 0.836. The molecule has 6 nitrogen and oxygen atoms in total. The topological polar surface area (TPSA) is 68.6 Å². The zero-order chi connectivity index (χ0) is 19.1. The Kier molecular flexibility index (Phi) is 4.66. The zero-order valence-electron chi connectivity index (χ0n) is 15.1. The zero-order valence-corrected chi connectivity index (χ0v) is 15.9. The van der Waals surface area contributed by atoms with E-state index in [1.807, 2.05) is 42.1 Å². The van der Waals surface area contributed by atoms with Crippen LogP contribution in [0.4, 0.5) is 4.79 Å². The molecule has 2 aromatic rings. The molecule has 0 saturated carbocycles. The maximum Gasteiger partial charge on any atom is 0.326 e. The number of aryl methyl sites for hydroxylation is 1. The Morgan fingerprint density at radius 2 is 1.92 bits per heavy atom. The van der Waals surface area contributed by atoms with E-state index in [4.69, 9.17) is 4.74 Å². The van der Waals surface area contributed by atoms with Crippen molar-refractivity contribution in [3.05, 3.63) is 40.9 Å². The minimum atomic E-state index is -0.669. The number of esters is 1. The predicted octanol–water partition coefficient (Wildman–Crippen LogP) is 3.56. The molecule has 0 spiro atoms. The SMILES string of the molecule is Cn1cc(/C=C2/SC(=O)N(CC(=O)OC(C)(C)C)C2=O)c2ccccc21. The van der Waals surface area contributed by atoms with Gasteiger partial charge in [0.05, 0.1) is 4.91 Å². The summed E-state index contributed by atoms with van der Waals surface area (Å²) in [4.78, 5) is 37.9. The van der Waals surface area contributed by atoms with Gasteiger partial charge in [-0.3, -0.25) is 19.3 Å². The van der Waals surface area contributed by atoms with Crippen molar-refractivity contribution in [2.75, 3.05) is 6.54 Å². The van der Waals surface area contributed by atoms with Crippen molar-refractivity contribution >= 4 is 45.9 Å². The van der Waals surface area contributed by atoms with Gasteiger partial charge >= 0.3 is 5.97 Å². The molecule has 0 atom stereocenters. The highest BCUT2D eigenvalue weighted by molar-refractivity contribution is 8.18. The van der Waals surface area contributed by atoms with Crippen LogP contribution in [0.25, 0.3) is 17.0 Å². The molecular formula is C19H20N2O4S. The minimum Gasteiger partial charge on any atom is -0.459 e. The number of carbonyl (C=O) groups excluding carboxylic acids is 3. The summed E-state index contributed by atoms with van der Waals surface area (Å²) in [5, 5.41) is 0.529. The average molecular weight is 372 g/mol. The molecule has 2 amide bonds. The number of hydrogen-bond donors (Lipinski definition) is 0. The van der Waals surface area contributed by atoms with Crippen molar-refractivity contribution in [1.82, 2.24) is 9.47 Å². The molecule has 1 aliphatic heterocycles. The van der Waals surface area contributed by atoms with Crippen LogP contribution in [0.15, 0.2) is 35.4 Å². The summed E-state index contributed by atoms with van der Waals surface area (Å²) in [5.41, 5.74) is 1.22. The molecule has 0 radical (unpaired) electrons. The molecule has 136 valence electrons. The molecule has 7 heteroatoms. The number of para-hydroxylation sites is 1. The van der Waals surface area contributed by atoms with Crippen LogP contribution in [-0.4, -0.2) is 38.7 Å². The largest absolute Gasteiger partial charge is 0.459 e. The van der Waals surface area contributed by atoms with Gasteiger partial charge in [0.25, 0.3) is 11.1 Å². The lowest BCUT2D eigenvalue weighted by Gasteiger charge is -2.21. The third-order valence-electron chi connectivity index (χ3n) is 3.80. The van der Waals surface area contributed by atoms with Crippen LogP contribution in [-0.2, 0) is 21.4 Å². The van der Waals surface area contributed by atoms with Crippen LogP contribution in [0.3, 0.4) is 0 Å². The first kappa shape index (κ1) is 18.3. The standard InChI is InChI=1S/C19H20N2O4S/c1-19(2,3)25-16(22)11-21-17(23)15(26-18(21)24)9-12-10-20(4)14-8-6-5-7-13(12)14/h5-10H,11H2,1-4H3/b15-9+. The van der Waals surface area contributed by atoms with Gasteiger partial charge in [-0.25, -0.2) is 0 Å². The van der Waals surface area contributed by atoms with E-state index in [0.717, 1.165) is 33.1 Å². The summed E-state index contributed by atoms with van der Waals surface area (Å²) in [7, 11) is 1.92. The average Bonchev–Trinajstić information content (AvgIpc) is 2.98. The summed E-state index contributed by atoms with van der Waals surface area (Å²) in [6, 6.07) is 7.82. The van der Waals surface area contributed by atoms with Gasteiger partial charge < -0.3 is 9.30 Å². The van der Waals surface area contributed by atoms with E-state index in [1.54, 1.807) is 26.8 Å². The number of thioether (sulfide) groups is 1. The molecule has 26 heavy (non-hydrogen) atoms. The molecular weight excluding hydrogens is 352 g/mol. The Morgan fingerprint density at radius 1 is 1.23 bits per heavy atom. The van der Waals surface area contributed by atoms with Crippen molar-refractivity contribution in [2.45, 2.75) is 26.4 Å². The smallest absolute Gasteiger partial charge is 0.326 e. The minimum absolute atomic E-state index is 0.301. The second-order valence-electron chi connectivity index (χ2n) is 7.07. The van der Waals surface area contributed by atoms with E-state index >= 15 is 0 Å². The number of amides is 2. The number of benzene rings is 1. The highest BCUT2D eigenvalue weighted by Crippen LogP contribution is 2.34. The van der Waals surface area contributed by atoms with E-state index in [1.165, 1.54) is 0 Å². The van der Waals surface area contributed by atoms with E-state index < -0.39 is 22.7 Å². The number of imide groups is 1.